The Kier molecular flexibility index (Phi) is 11.0. The van der Waals surface area contributed by atoms with Gasteiger partial charge in [0.05, 0.1) is 37.0 Å². The fourth-order valence-electron chi connectivity index (χ4n) is 3.25. The molecule has 0 bridgehead atoms. The molecule has 2 aliphatic heterocycles. The largest absolute Gasteiger partial charge is 0.441 e. The molecule has 3 rings (SSSR count). The normalized spacial score (nSPS) is 19.3. The number of cyclic esters (lactones) is 1. The molecule has 0 spiro atoms. The van der Waals surface area contributed by atoms with Crippen LogP contribution in [0.3, 0.4) is 0 Å². The first-order chi connectivity index (χ1) is 14.0. The number of aliphatic hydroxyl groups excluding tert-OH is 1. The number of hydrogen-bond donors (Lipinski definition) is 3. The van der Waals surface area contributed by atoms with E-state index in [-0.39, 0.29) is 62.0 Å². The molecule has 0 aromatic heterocycles. The van der Waals surface area contributed by atoms with E-state index in [0.29, 0.717) is 5.69 Å². The maximum Gasteiger partial charge on any atom is 0.414 e. The van der Waals surface area contributed by atoms with Gasteiger partial charge >= 0.3 is 6.09 Å². The van der Waals surface area contributed by atoms with Gasteiger partial charge in [0.2, 0.25) is 5.91 Å². The summed E-state index contributed by atoms with van der Waals surface area (Å²) in [6.45, 7) is 5.22. The van der Waals surface area contributed by atoms with E-state index < -0.39 is 18.0 Å². The smallest absolute Gasteiger partial charge is 0.414 e. The van der Waals surface area contributed by atoms with Crippen molar-refractivity contribution in [2.24, 2.45) is 0 Å². The Hall–Kier alpha value is -2.09. The fraction of sp³-hybridized carbons (Fsp3) is 0.500. The van der Waals surface area contributed by atoms with Crippen molar-refractivity contribution in [2.75, 3.05) is 50.8 Å². The number of nitrogens with one attached hydrogen (secondary N) is 2. The quantitative estimate of drug-likeness (QED) is 0.542. The molecule has 11 heteroatoms. The molecule has 1 unspecified atom stereocenters. The predicted octanol–water partition coefficient (Wildman–Crippen LogP) is 0.748. The van der Waals surface area contributed by atoms with Gasteiger partial charge in [0.15, 0.2) is 0 Å². The van der Waals surface area contributed by atoms with Crippen molar-refractivity contribution in [1.82, 2.24) is 15.5 Å². The van der Waals surface area contributed by atoms with Crippen LogP contribution in [0, 0.1) is 17.7 Å². The Morgan fingerprint density at radius 3 is 2.71 bits per heavy atom. The van der Waals surface area contributed by atoms with E-state index in [1.807, 2.05) is 6.92 Å². The van der Waals surface area contributed by atoms with Crippen LogP contribution >= 0.6 is 24.8 Å². The van der Waals surface area contributed by atoms with Gasteiger partial charge in [-0.3, -0.25) is 14.6 Å². The van der Waals surface area contributed by atoms with Gasteiger partial charge in [-0.15, -0.1) is 24.8 Å². The summed E-state index contributed by atoms with van der Waals surface area (Å²) < 4.78 is 19.3. The van der Waals surface area contributed by atoms with E-state index >= 15 is 0 Å². The van der Waals surface area contributed by atoms with E-state index in [1.54, 1.807) is 6.07 Å². The SMILES string of the molecule is CC(C(=O)NCC#Cc1ccc(N2C[C@H](CO)OC2=O)cc1F)N1CCNCC1.Cl.Cl. The molecule has 1 aromatic rings. The molecule has 2 amide bonds. The van der Waals surface area contributed by atoms with Crippen molar-refractivity contribution in [3.8, 4) is 11.8 Å². The van der Waals surface area contributed by atoms with Crippen LogP contribution in [-0.2, 0) is 9.53 Å². The summed E-state index contributed by atoms with van der Waals surface area (Å²) in [6.07, 6.45) is -1.24. The first-order valence-electron chi connectivity index (χ1n) is 9.59. The highest BCUT2D eigenvalue weighted by molar-refractivity contribution is 5.89. The number of carbonyl (C=O) groups is 2. The van der Waals surface area contributed by atoms with E-state index in [2.05, 4.69) is 27.4 Å². The second-order valence-electron chi connectivity index (χ2n) is 6.94. The Labute approximate surface area is 193 Å². The lowest BCUT2D eigenvalue weighted by atomic mass is 10.2. The summed E-state index contributed by atoms with van der Waals surface area (Å²) in [7, 11) is 0. The highest BCUT2D eigenvalue weighted by Crippen LogP contribution is 2.23. The summed E-state index contributed by atoms with van der Waals surface area (Å²) in [4.78, 5) is 27.4. The van der Waals surface area contributed by atoms with Gasteiger partial charge < -0.3 is 20.5 Å². The van der Waals surface area contributed by atoms with Crippen molar-refractivity contribution < 1.29 is 23.8 Å². The number of piperazine rings is 1. The Bertz CT molecular complexity index is 827. The molecule has 8 nitrogen and oxygen atoms in total. The molecule has 2 atom stereocenters. The minimum Gasteiger partial charge on any atom is -0.441 e. The minimum absolute atomic E-state index is 0. The zero-order chi connectivity index (χ0) is 20.8. The van der Waals surface area contributed by atoms with Crippen molar-refractivity contribution in [1.29, 1.82) is 0 Å². The number of amides is 2. The van der Waals surface area contributed by atoms with Gasteiger partial charge in [-0.1, -0.05) is 11.8 Å². The van der Waals surface area contributed by atoms with Crippen LogP contribution in [0.25, 0.3) is 0 Å². The third-order valence-corrected chi connectivity index (χ3v) is 4.99. The zero-order valence-corrected chi connectivity index (χ0v) is 18.7. The highest BCUT2D eigenvalue weighted by atomic mass is 35.5. The maximum absolute atomic E-state index is 14.3. The van der Waals surface area contributed by atoms with E-state index in [4.69, 9.17) is 9.84 Å². The first kappa shape index (κ1) is 26.9. The average molecular weight is 477 g/mol. The lowest BCUT2D eigenvalue weighted by Gasteiger charge is -2.31. The lowest BCUT2D eigenvalue weighted by Crippen LogP contribution is -2.52. The predicted molar refractivity (Wildman–Crippen MR) is 119 cm³/mol. The summed E-state index contributed by atoms with van der Waals surface area (Å²) >= 11 is 0. The van der Waals surface area contributed by atoms with Crippen LogP contribution in [0.1, 0.15) is 12.5 Å². The number of anilines is 1. The third kappa shape index (κ3) is 6.95. The van der Waals surface area contributed by atoms with E-state index in [0.717, 1.165) is 26.2 Å². The van der Waals surface area contributed by atoms with Gasteiger partial charge in [0.1, 0.15) is 11.9 Å². The van der Waals surface area contributed by atoms with Gasteiger partial charge in [-0.05, 0) is 25.1 Å². The number of nitrogens with zero attached hydrogens (tertiary/aromatic N) is 2. The second-order valence-corrected chi connectivity index (χ2v) is 6.94. The number of rotatable bonds is 5. The van der Waals surface area contributed by atoms with Crippen LogP contribution in [-0.4, -0.2) is 80.0 Å². The Balaban J connectivity index is 0.00000240. The number of hydrogen-bond acceptors (Lipinski definition) is 6. The number of aliphatic hydroxyl groups is 1. The molecular formula is C20H27Cl2FN4O4. The zero-order valence-electron chi connectivity index (χ0n) is 17.1. The number of ether oxygens (including phenoxy) is 1. The van der Waals surface area contributed by atoms with Crippen LogP contribution < -0.4 is 15.5 Å². The van der Waals surface area contributed by atoms with Crippen molar-refractivity contribution in [3.05, 3.63) is 29.6 Å². The van der Waals surface area contributed by atoms with Crippen LogP contribution in [0.5, 0.6) is 0 Å². The van der Waals surface area contributed by atoms with Crippen molar-refractivity contribution >= 4 is 42.5 Å². The molecule has 2 heterocycles. The molecule has 2 saturated heterocycles. The number of carbonyl (C=O) groups excluding carboxylic acids is 2. The summed E-state index contributed by atoms with van der Waals surface area (Å²) in [5.41, 5.74) is 0.511. The topological polar surface area (TPSA) is 94.1 Å². The summed E-state index contributed by atoms with van der Waals surface area (Å²) in [6, 6.07) is 4.01. The highest BCUT2D eigenvalue weighted by Gasteiger charge is 2.32. The van der Waals surface area contributed by atoms with Crippen LogP contribution in [0.4, 0.5) is 14.9 Å². The number of halogens is 3. The molecule has 0 radical (unpaired) electrons. The summed E-state index contributed by atoms with van der Waals surface area (Å²) in [5.74, 6) is 4.77. The molecular weight excluding hydrogens is 450 g/mol. The van der Waals surface area contributed by atoms with Crippen molar-refractivity contribution in [3.63, 3.8) is 0 Å². The summed E-state index contributed by atoms with van der Waals surface area (Å²) in [5, 5.41) is 15.1. The lowest BCUT2D eigenvalue weighted by molar-refractivity contribution is -0.125. The van der Waals surface area contributed by atoms with Crippen LogP contribution in [0.15, 0.2) is 18.2 Å². The molecule has 172 valence electrons. The van der Waals surface area contributed by atoms with Crippen molar-refractivity contribution in [2.45, 2.75) is 19.1 Å². The van der Waals surface area contributed by atoms with Gasteiger partial charge in [-0.2, -0.15) is 0 Å². The number of benzene rings is 1. The van der Waals surface area contributed by atoms with E-state index in [1.165, 1.54) is 17.0 Å². The molecule has 2 fully saturated rings. The minimum atomic E-state index is -0.622. The molecule has 0 saturated carbocycles. The second kappa shape index (κ2) is 12.7. The maximum atomic E-state index is 14.3. The molecule has 31 heavy (non-hydrogen) atoms. The van der Waals surface area contributed by atoms with Gasteiger partial charge in [0.25, 0.3) is 0 Å². The van der Waals surface area contributed by atoms with E-state index in [9.17, 15) is 14.0 Å². The molecule has 2 aliphatic rings. The molecule has 0 aliphatic carbocycles. The Morgan fingerprint density at radius 1 is 1.39 bits per heavy atom. The third-order valence-electron chi connectivity index (χ3n) is 4.99. The average Bonchev–Trinajstić information content (AvgIpc) is 3.12. The fourth-order valence-corrected chi connectivity index (χ4v) is 3.25. The monoisotopic (exact) mass is 476 g/mol. The van der Waals surface area contributed by atoms with Gasteiger partial charge in [-0.25, -0.2) is 9.18 Å². The molecule has 3 N–H and O–H groups in total. The van der Waals surface area contributed by atoms with Gasteiger partial charge in [0, 0.05) is 26.2 Å². The Morgan fingerprint density at radius 2 is 2.10 bits per heavy atom. The van der Waals surface area contributed by atoms with Crippen LogP contribution in [0.2, 0.25) is 0 Å². The molecule has 1 aromatic carbocycles. The standard InChI is InChI=1S/C20H25FN4O4.2ClH/c1-14(24-9-7-22-8-10-24)19(27)23-6-2-3-15-4-5-16(11-18(15)21)25-12-17(13-26)29-20(25)28;;/h4-5,11,14,17,22,26H,6-10,12-13H2,1H3,(H,23,27);2*1H/t14?,17-;;/m1../s1. The first-order valence-corrected chi connectivity index (χ1v) is 9.59.